The Balaban J connectivity index is 1.23. The Morgan fingerprint density at radius 1 is 1.29 bits per heavy atom. The number of aliphatic carboxylic acids is 1. The maximum Gasteiger partial charge on any atom is 0.304 e. The number of aryl methyl sites for hydroxylation is 3. The van der Waals surface area contributed by atoms with E-state index in [0.717, 1.165) is 69.1 Å². The molecule has 0 bridgehead atoms. The molecule has 2 aliphatic heterocycles. The van der Waals surface area contributed by atoms with Crippen LogP contribution in [0.4, 0.5) is 5.82 Å². The van der Waals surface area contributed by atoms with Gasteiger partial charge in [-0.3, -0.25) is 14.7 Å². The summed E-state index contributed by atoms with van der Waals surface area (Å²) in [6, 6.07) is 8.92. The molecule has 4 rings (SSSR count). The van der Waals surface area contributed by atoms with E-state index in [9.17, 15) is 4.79 Å². The van der Waals surface area contributed by atoms with Crippen LogP contribution >= 0.6 is 0 Å². The fourth-order valence-electron chi connectivity index (χ4n) is 4.40. The first-order chi connectivity index (χ1) is 15.1. The second kappa shape index (κ2) is 10.2. The predicted octanol–water partition coefficient (Wildman–Crippen LogP) is 2.74. The van der Waals surface area contributed by atoms with Gasteiger partial charge in [-0.15, -0.1) is 0 Å². The lowest BCUT2D eigenvalue weighted by atomic mass is 10.0. The molecule has 2 N–H and O–H groups in total. The summed E-state index contributed by atoms with van der Waals surface area (Å²) in [6.07, 6.45) is 6.48. The van der Waals surface area contributed by atoms with E-state index in [0.29, 0.717) is 12.6 Å². The van der Waals surface area contributed by atoms with Gasteiger partial charge in [0.15, 0.2) is 0 Å². The molecule has 2 aromatic heterocycles. The van der Waals surface area contributed by atoms with E-state index in [-0.39, 0.29) is 6.42 Å². The maximum absolute atomic E-state index is 11.1. The second-order valence-electron chi connectivity index (χ2n) is 8.78. The minimum atomic E-state index is -0.741. The SMILES string of the molecule is Cc1ccc(CN(CCC(=O)O)C2CN(CCCc3ccc4c(n3)NCCC4)C2)cn1. The van der Waals surface area contributed by atoms with Crippen LogP contribution in [0.5, 0.6) is 0 Å². The standard InChI is InChI=1S/C24H33N5O2/c1-18-6-7-19(14-26-18)15-29(13-10-23(30)31)22-16-28(17-22)12-3-5-21-9-8-20-4-2-11-25-24(20)27-21/h6-9,14,22H,2-5,10-13,15-17H2,1H3,(H,25,27)(H,30,31). The van der Waals surface area contributed by atoms with Crippen molar-refractivity contribution in [1.29, 1.82) is 0 Å². The lowest BCUT2D eigenvalue weighted by Crippen LogP contribution is -2.59. The normalized spacial score (nSPS) is 16.6. The van der Waals surface area contributed by atoms with Gasteiger partial charge in [0.05, 0.1) is 6.42 Å². The molecule has 1 saturated heterocycles. The van der Waals surface area contributed by atoms with Gasteiger partial charge in [-0.2, -0.15) is 0 Å². The van der Waals surface area contributed by atoms with Gasteiger partial charge in [-0.05, 0) is 62.4 Å². The monoisotopic (exact) mass is 423 g/mol. The van der Waals surface area contributed by atoms with Crippen LogP contribution in [0, 0.1) is 6.92 Å². The molecule has 0 saturated carbocycles. The van der Waals surface area contributed by atoms with Crippen molar-refractivity contribution in [2.75, 3.05) is 38.0 Å². The quantitative estimate of drug-likeness (QED) is 0.608. The van der Waals surface area contributed by atoms with Crippen LogP contribution in [0.1, 0.15) is 41.8 Å². The number of hydrogen-bond donors (Lipinski definition) is 2. The number of aromatic nitrogens is 2. The molecule has 0 spiro atoms. The predicted molar refractivity (Wildman–Crippen MR) is 121 cm³/mol. The van der Waals surface area contributed by atoms with Crippen molar-refractivity contribution in [3.8, 4) is 0 Å². The van der Waals surface area contributed by atoms with E-state index in [1.54, 1.807) is 0 Å². The van der Waals surface area contributed by atoms with E-state index in [1.165, 1.54) is 17.7 Å². The minimum absolute atomic E-state index is 0.174. The topological polar surface area (TPSA) is 81.6 Å². The Labute approximate surface area is 184 Å². The van der Waals surface area contributed by atoms with Crippen LogP contribution in [0.3, 0.4) is 0 Å². The molecular weight excluding hydrogens is 390 g/mol. The number of carboxylic acids is 1. The first kappa shape index (κ1) is 21.7. The van der Waals surface area contributed by atoms with Crippen LogP contribution in [-0.2, 0) is 24.2 Å². The fourth-order valence-corrected chi connectivity index (χ4v) is 4.40. The Kier molecular flexibility index (Phi) is 7.14. The van der Waals surface area contributed by atoms with Crippen molar-refractivity contribution in [2.24, 2.45) is 0 Å². The molecule has 0 unspecified atom stereocenters. The highest BCUT2D eigenvalue weighted by atomic mass is 16.4. The zero-order valence-electron chi connectivity index (χ0n) is 18.4. The number of anilines is 1. The van der Waals surface area contributed by atoms with Gasteiger partial charge in [-0.1, -0.05) is 12.1 Å². The van der Waals surface area contributed by atoms with Crippen molar-refractivity contribution in [1.82, 2.24) is 19.8 Å². The van der Waals surface area contributed by atoms with Crippen molar-refractivity contribution < 1.29 is 9.90 Å². The number of carboxylic acid groups (broad SMARTS) is 1. The number of hydrogen-bond acceptors (Lipinski definition) is 6. The van der Waals surface area contributed by atoms with Gasteiger partial charge in [0.25, 0.3) is 0 Å². The van der Waals surface area contributed by atoms with Crippen LogP contribution in [0.2, 0.25) is 0 Å². The summed E-state index contributed by atoms with van der Waals surface area (Å²) in [5.74, 6) is 0.336. The van der Waals surface area contributed by atoms with E-state index < -0.39 is 5.97 Å². The summed E-state index contributed by atoms with van der Waals surface area (Å²) in [7, 11) is 0. The second-order valence-corrected chi connectivity index (χ2v) is 8.78. The highest BCUT2D eigenvalue weighted by molar-refractivity contribution is 5.66. The van der Waals surface area contributed by atoms with Gasteiger partial charge in [-0.25, -0.2) is 4.98 Å². The third kappa shape index (κ3) is 6.02. The van der Waals surface area contributed by atoms with Gasteiger partial charge in [0, 0.05) is 56.4 Å². The summed E-state index contributed by atoms with van der Waals surface area (Å²) in [6.45, 7) is 7.39. The van der Waals surface area contributed by atoms with Crippen LogP contribution in [-0.4, -0.2) is 69.6 Å². The van der Waals surface area contributed by atoms with Crippen LogP contribution in [0.25, 0.3) is 0 Å². The third-order valence-electron chi connectivity index (χ3n) is 6.28. The maximum atomic E-state index is 11.1. The highest BCUT2D eigenvalue weighted by Crippen LogP contribution is 2.21. The number of fused-ring (bicyclic) bond motifs is 1. The fraction of sp³-hybridized carbons (Fsp3) is 0.542. The van der Waals surface area contributed by atoms with E-state index in [2.05, 4.69) is 38.3 Å². The molecule has 2 aliphatic rings. The third-order valence-corrected chi connectivity index (χ3v) is 6.28. The first-order valence-corrected chi connectivity index (χ1v) is 11.4. The van der Waals surface area contributed by atoms with Gasteiger partial charge in [0.2, 0.25) is 0 Å². The molecule has 4 heterocycles. The average Bonchev–Trinajstić information content (AvgIpc) is 2.74. The lowest BCUT2D eigenvalue weighted by Gasteiger charge is -2.45. The minimum Gasteiger partial charge on any atom is -0.481 e. The van der Waals surface area contributed by atoms with Crippen molar-refractivity contribution in [3.05, 3.63) is 53.0 Å². The summed E-state index contributed by atoms with van der Waals surface area (Å²) in [5.41, 5.74) is 4.65. The largest absolute Gasteiger partial charge is 0.481 e. The van der Waals surface area contributed by atoms with Crippen molar-refractivity contribution in [2.45, 2.75) is 51.6 Å². The van der Waals surface area contributed by atoms with E-state index in [1.807, 2.05) is 19.2 Å². The van der Waals surface area contributed by atoms with Gasteiger partial charge >= 0.3 is 5.97 Å². The zero-order chi connectivity index (χ0) is 21.6. The molecular formula is C24H33N5O2. The number of nitrogens with zero attached hydrogens (tertiary/aromatic N) is 4. The van der Waals surface area contributed by atoms with Crippen LogP contribution in [0.15, 0.2) is 30.5 Å². The van der Waals surface area contributed by atoms with Crippen LogP contribution < -0.4 is 5.32 Å². The number of rotatable bonds is 10. The Hall–Kier alpha value is -2.51. The molecule has 2 aromatic rings. The lowest BCUT2D eigenvalue weighted by molar-refractivity contribution is -0.137. The number of likely N-dealkylation sites (tertiary alicyclic amines) is 1. The summed E-state index contributed by atoms with van der Waals surface area (Å²) >= 11 is 0. The summed E-state index contributed by atoms with van der Waals surface area (Å²) in [5, 5.41) is 12.5. The molecule has 0 aliphatic carbocycles. The van der Waals surface area contributed by atoms with Gasteiger partial charge in [0.1, 0.15) is 5.82 Å². The molecule has 0 atom stereocenters. The van der Waals surface area contributed by atoms with Crippen molar-refractivity contribution >= 4 is 11.8 Å². The molecule has 0 aromatic carbocycles. The zero-order valence-corrected chi connectivity index (χ0v) is 18.4. The molecule has 31 heavy (non-hydrogen) atoms. The number of carbonyl (C=O) groups is 1. The first-order valence-electron chi connectivity index (χ1n) is 11.4. The molecule has 166 valence electrons. The summed E-state index contributed by atoms with van der Waals surface area (Å²) in [4.78, 5) is 25.0. The Morgan fingerprint density at radius 3 is 2.94 bits per heavy atom. The Morgan fingerprint density at radius 2 is 2.16 bits per heavy atom. The smallest absolute Gasteiger partial charge is 0.304 e. The van der Waals surface area contributed by atoms with E-state index >= 15 is 0 Å². The molecule has 1 fully saturated rings. The molecule has 0 amide bonds. The molecule has 7 heteroatoms. The highest BCUT2D eigenvalue weighted by Gasteiger charge is 2.31. The summed E-state index contributed by atoms with van der Waals surface area (Å²) < 4.78 is 0. The average molecular weight is 424 g/mol. The van der Waals surface area contributed by atoms with E-state index in [4.69, 9.17) is 10.1 Å². The molecule has 0 radical (unpaired) electrons. The Bertz CT molecular complexity index is 880. The van der Waals surface area contributed by atoms with Gasteiger partial charge < -0.3 is 15.3 Å². The number of pyridine rings is 2. The molecule has 7 nitrogen and oxygen atoms in total. The number of nitrogens with one attached hydrogen (secondary N) is 1. The van der Waals surface area contributed by atoms with Crippen molar-refractivity contribution in [3.63, 3.8) is 0 Å².